The lowest BCUT2D eigenvalue weighted by atomic mass is 10.1. The van der Waals surface area contributed by atoms with Crippen LogP contribution in [0.4, 0.5) is 0 Å². The molecule has 6 nitrogen and oxygen atoms in total. The molecule has 6 heteroatoms. The molecule has 1 amide bonds. The van der Waals surface area contributed by atoms with Crippen LogP contribution in [0.15, 0.2) is 47.1 Å². The summed E-state index contributed by atoms with van der Waals surface area (Å²) in [5.41, 5.74) is 3.04. The monoisotopic (exact) mass is 352 g/mol. The van der Waals surface area contributed by atoms with Crippen LogP contribution < -0.4 is 19.5 Å². The topological polar surface area (TPSA) is 69.2 Å². The molecule has 1 heterocycles. The number of benzene rings is 2. The normalized spacial score (nSPS) is 14.8. The first-order valence-corrected chi connectivity index (χ1v) is 8.04. The molecule has 2 aromatic carbocycles. The average Bonchev–Trinajstić information content (AvgIpc) is 3.01. The van der Waals surface area contributed by atoms with E-state index in [4.69, 9.17) is 14.2 Å². The predicted molar refractivity (Wildman–Crippen MR) is 99.9 cm³/mol. The number of hydrogen-bond donors (Lipinski definition) is 1. The molecule has 0 spiro atoms. The lowest BCUT2D eigenvalue weighted by Gasteiger charge is -2.12. The Kier molecular flexibility index (Phi) is 4.93. The van der Waals surface area contributed by atoms with Crippen molar-refractivity contribution >= 4 is 17.8 Å². The molecule has 0 aliphatic carbocycles. The van der Waals surface area contributed by atoms with E-state index in [1.54, 1.807) is 39.5 Å². The number of rotatable bonds is 5. The quantitative estimate of drug-likeness (QED) is 0.840. The first kappa shape index (κ1) is 17.5. The van der Waals surface area contributed by atoms with Crippen molar-refractivity contribution < 1.29 is 19.0 Å². The van der Waals surface area contributed by atoms with Crippen molar-refractivity contribution in [2.45, 2.75) is 6.92 Å². The van der Waals surface area contributed by atoms with E-state index in [1.165, 1.54) is 0 Å². The molecular weight excluding hydrogens is 332 g/mol. The van der Waals surface area contributed by atoms with E-state index in [1.807, 2.05) is 31.2 Å². The second-order valence-electron chi connectivity index (χ2n) is 5.77. The highest BCUT2D eigenvalue weighted by Crippen LogP contribution is 2.38. The third-order valence-corrected chi connectivity index (χ3v) is 4.01. The lowest BCUT2D eigenvalue weighted by Crippen LogP contribution is -2.24. The smallest absolute Gasteiger partial charge is 0.275 e. The number of nitrogens with one attached hydrogen (secondary N) is 1. The SMILES string of the molecule is COc1cc(/C=C2/N=C(c3ccc(C)cc3)NC2=O)cc(OC)c1OC. The Labute approximate surface area is 152 Å². The molecule has 1 aliphatic heterocycles. The van der Waals surface area contributed by atoms with Crippen molar-refractivity contribution in [2.75, 3.05) is 21.3 Å². The molecule has 134 valence electrons. The minimum absolute atomic E-state index is 0.255. The number of aryl methyl sites for hydroxylation is 1. The number of nitrogens with zero attached hydrogens (tertiary/aromatic N) is 1. The molecule has 0 saturated carbocycles. The Morgan fingerprint density at radius 2 is 1.58 bits per heavy atom. The van der Waals surface area contributed by atoms with Crippen LogP contribution in [0.1, 0.15) is 16.7 Å². The van der Waals surface area contributed by atoms with Crippen LogP contribution in [0.2, 0.25) is 0 Å². The van der Waals surface area contributed by atoms with Crippen molar-refractivity contribution in [3.05, 3.63) is 58.8 Å². The van der Waals surface area contributed by atoms with E-state index in [-0.39, 0.29) is 5.91 Å². The summed E-state index contributed by atoms with van der Waals surface area (Å²) in [5, 5.41) is 2.80. The number of carbonyl (C=O) groups is 1. The van der Waals surface area contributed by atoms with Gasteiger partial charge in [-0.25, -0.2) is 4.99 Å². The number of amidine groups is 1. The fourth-order valence-corrected chi connectivity index (χ4v) is 2.66. The fraction of sp³-hybridized carbons (Fsp3) is 0.200. The molecule has 0 aromatic heterocycles. The van der Waals surface area contributed by atoms with Crippen molar-refractivity contribution in [2.24, 2.45) is 4.99 Å². The molecule has 1 aliphatic rings. The maximum Gasteiger partial charge on any atom is 0.275 e. The summed E-state index contributed by atoms with van der Waals surface area (Å²) >= 11 is 0. The molecule has 0 saturated heterocycles. The second-order valence-corrected chi connectivity index (χ2v) is 5.77. The van der Waals surface area contributed by atoms with Crippen LogP contribution in [0.5, 0.6) is 17.2 Å². The zero-order valence-corrected chi connectivity index (χ0v) is 15.1. The van der Waals surface area contributed by atoms with Crippen LogP contribution in [0, 0.1) is 6.92 Å². The zero-order chi connectivity index (χ0) is 18.7. The van der Waals surface area contributed by atoms with Crippen molar-refractivity contribution in [1.82, 2.24) is 5.32 Å². The second kappa shape index (κ2) is 7.31. The van der Waals surface area contributed by atoms with Crippen molar-refractivity contribution in [3.63, 3.8) is 0 Å². The summed E-state index contributed by atoms with van der Waals surface area (Å²) in [6.45, 7) is 2.01. The summed E-state index contributed by atoms with van der Waals surface area (Å²) in [6, 6.07) is 11.3. The van der Waals surface area contributed by atoms with E-state index in [0.717, 1.165) is 16.7 Å². The van der Waals surface area contributed by atoms with Crippen molar-refractivity contribution in [3.8, 4) is 17.2 Å². The third-order valence-electron chi connectivity index (χ3n) is 4.01. The van der Waals surface area contributed by atoms with Gasteiger partial charge in [0.2, 0.25) is 5.75 Å². The Balaban J connectivity index is 1.99. The van der Waals surface area contributed by atoms with Gasteiger partial charge in [0.05, 0.1) is 21.3 Å². The number of amides is 1. The van der Waals surface area contributed by atoms with Gasteiger partial charge in [0, 0.05) is 5.56 Å². The highest BCUT2D eigenvalue weighted by molar-refractivity contribution is 6.19. The van der Waals surface area contributed by atoms with Crippen LogP contribution in [0.3, 0.4) is 0 Å². The largest absolute Gasteiger partial charge is 0.493 e. The van der Waals surface area contributed by atoms with E-state index >= 15 is 0 Å². The van der Waals surface area contributed by atoms with E-state index in [2.05, 4.69) is 10.3 Å². The summed E-state index contributed by atoms with van der Waals surface area (Å²) in [5.74, 6) is 1.81. The average molecular weight is 352 g/mol. The highest BCUT2D eigenvalue weighted by Gasteiger charge is 2.21. The molecule has 0 unspecified atom stereocenters. The highest BCUT2D eigenvalue weighted by atomic mass is 16.5. The van der Waals surface area contributed by atoms with E-state index in [9.17, 15) is 4.79 Å². The number of ether oxygens (including phenoxy) is 3. The van der Waals surface area contributed by atoms with Crippen LogP contribution in [-0.2, 0) is 4.79 Å². The fourth-order valence-electron chi connectivity index (χ4n) is 2.66. The Bertz CT molecular complexity index is 874. The Hall–Kier alpha value is -3.28. The van der Waals surface area contributed by atoms with Gasteiger partial charge in [-0.15, -0.1) is 0 Å². The number of hydrogen-bond acceptors (Lipinski definition) is 5. The lowest BCUT2D eigenvalue weighted by molar-refractivity contribution is -0.115. The Morgan fingerprint density at radius 3 is 2.12 bits per heavy atom. The van der Waals surface area contributed by atoms with Gasteiger partial charge in [0.15, 0.2) is 11.5 Å². The van der Waals surface area contributed by atoms with Gasteiger partial charge in [-0.1, -0.05) is 29.8 Å². The molecule has 0 bridgehead atoms. The third kappa shape index (κ3) is 3.39. The molecule has 0 atom stereocenters. The molecule has 0 fully saturated rings. The van der Waals surface area contributed by atoms with Gasteiger partial charge in [0.25, 0.3) is 5.91 Å². The summed E-state index contributed by atoms with van der Waals surface area (Å²) in [4.78, 5) is 16.7. The standard InChI is InChI=1S/C20H20N2O4/c1-12-5-7-14(8-6-12)19-21-15(20(23)22-19)9-13-10-16(24-2)18(26-4)17(11-13)25-3/h5-11H,1-4H3,(H,21,22,23)/b15-9+. The first-order valence-electron chi connectivity index (χ1n) is 8.04. The van der Waals surface area contributed by atoms with Crippen LogP contribution >= 0.6 is 0 Å². The Morgan fingerprint density at radius 1 is 0.962 bits per heavy atom. The maximum absolute atomic E-state index is 12.3. The van der Waals surface area contributed by atoms with Gasteiger partial charge >= 0.3 is 0 Å². The van der Waals surface area contributed by atoms with Gasteiger partial charge in [0.1, 0.15) is 11.5 Å². The first-order chi connectivity index (χ1) is 12.5. The molecule has 1 N–H and O–H groups in total. The molecular formula is C20H20N2O4. The van der Waals surface area contributed by atoms with E-state index < -0.39 is 0 Å². The number of aliphatic imine (C=N–C) groups is 1. The summed E-state index contributed by atoms with van der Waals surface area (Å²) in [6.07, 6.45) is 1.68. The van der Waals surface area contributed by atoms with Gasteiger partial charge < -0.3 is 19.5 Å². The molecule has 2 aromatic rings. The molecule has 0 radical (unpaired) electrons. The predicted octanol–water partition coefficient (Wildman–Crippen LogP) is 2.94. The van der Waals surface area contributed by atoms with Gasteiger partial charge in [-0.3, -0.25) is 4.79 Å². The molecule has 3 rings (SSSR count). The van der Waals surface area contributed by atoms with Crippen LogP contribution in [-0.4, -0.2) is 33.1 Å². The molecule has 26 heavy (non-hydrogen) atoms. The van der Waals surface area contributed by atoms with Crippen molar-refractivity contribution in [1.29, 1.82) is 0 Å². The van der Waals surface area contributed by atoms with Crippen LogP contribution in [0.25, 0.3) is 6.08 Å². The minimum atomic E-state index is -0.255. The maximum atomic E-state index is 12.3. The number of methoxy groups -OCH3 is 3. The summed E-state index contributed by atoms with van der Waals surface area (Å²) < 4.78 is 16.0. The minimum Gasteiger partial charge on any atom is -0.493 e. The van der Waals surface area contributed by atoms with Gasteiger partial charge in [-0.2, -0.15) is 0 Å². The zero-order valence-electron chi connectivity index (χ0n) is 15.1. The van der Waals surface area contributed by atoms with E-state index in [0.29, 0.717) is 28.8 Å². The number of carbonyl (C=O) groups excluding carboxylic acids is 1. The summed E-state index contributed by atoms with van der Waals surface area (Å²) in [7, 11) is 4.63. The van der Waals surface area contributed by atoms with Gasteiger partial charge in [-0.05, 0) is 30.7 Å².